The van der Waals surface area contributed by atoms with Gasteiger partial charge in [0, 0.05) is 59.3 Å². The van der Waals surface area contributed by atoms with Crippen LogP contribution in [0.2, 0.25) is 0 Å². The minimum absolute atomic E-state index is 1.10. The molecule has 0 aliphatic rings. The fourth-order valence-corrected chi connectivity index (χ4v) is 9.70. The molecule has 0 spiro atoms. The standard InChI is InChI=1S/C54H36N2S/c1-3-14-37(15-4-1)39-26-30-42(31-27-39)55(44-19-13-18-41(34-44)38-16-5-2-6-17-38)43-32-28-40(29-33-43)49-35-45(36-50-48-22-9-12-25-53(48)57-54(49)50)56-51-23-10-7-20-46(51)47-21-8-11-24-52(47)56/h1-36H. The molecule has 2 aromatic heterocycles. The molecule has 2 nitrogen and oxygen atoms in total. The van der Waals surface area contributed by atoms with Crippen molar-refractivity contribution in [3.63, 3.8) is 0 Å². The fourth-order valence-electron chi connectivity index (χ4n) is 8.48. The summed E-state index contributed by atoms with van der Waals surface area (Å²) in [6.45, 7) is 0. The monoisotopic (exact) mass is 744 g/mol. The Morgan fingerprint density at radius 2 is 0.842 bits per heavy atom. The number of hydrogen-bond donors (Lipinski definition) is 0. The molecule has 268 valence electrons. The van der Waals surface area contributed by atoms with Crippen LogP contribution < -0.4 is 4.90 Å². The summed E-state index contributed by atoms with van der Waals surface area (Å²) < 4.78 is 5.04. The second kappa shape index (κ2) is 13.8. The van der Waals surface area contributed by atoms with E-state index in [0.29, 0.717) is 0 Å². The average molecular weight is 745 g/mol. The van der Waals surface area contributed by atoms with E-state index in [0.717, 1.165) is 17.1 Å². The lowest BCUT2D eigenvalue weighted by molar-refractivity contribution is 1.19. The van der Waals surface area contributed by atoms with Crippen molar-refractivity contribution in [3.8, 4) is 39.1 Å². The van der Waals surface area contributed by atoms with Crippen molar-refractivity contribution in [2.24, 2.45) is 0 Å². The molecule has 0 unspecified atom stereocenters. The van der Waals surface area contributed by atoms with Gasteiger partial charge in [-0.25, -0.2) is 0 Å². The maximum Gasteiger partial charge on any atom is 0.0541 e. The number of rotatable bonds is 7. The van der Waals surface area contributed by atoms with Crippen molar-refractivity contribution in [2.75, 3.05) is 4.90 Å². The summed E-state index contributed by atoms with van der Waals surface area (Å²) in [5, 5.41) is 5.11. The number of anilines is 3. The van der Waals surface area contributed by atoms with Crippen LogP contribution in [0.3, 0.4) is 0 Å². The molecule has 0 radical (unpaired) electrons. The molecule has 11 aromatic rings. The highest BCUT2D eigenvalue weighted by Gasteiger charge is 2.19. The summed E-state index contributed by atoms with van der Waals surface area (Å²) in [6.07, 6.45) is 0. The van der Waals surface area contributed by atoms with Gasteiger partial charge in [0.05, 0.1) is 11.0 Å². The Morgan fingerprint density at radius 3 is 1.49 bits per heavy atom. The van der Waals surface area contributed by atoms with Crippen molar-refractivity contribution < 1.29 is 0 Å². The van der Waals surface area contributed by atoms with Crippen LogP contribution in [-0.4, -0.2) is 4.57 Å². The minimum Gasteiger partial charge on any atom is -0.310 e. The lowest BCUT2D eigenvalue weighted by atomic mass is 10.00. The van der Waals surface area contributed by atoms with E-state index in [4.69, 9.17) is 0 Å². The summed E-state index contributed by atoms with van der Waals surface area (Å²) in [5.74, 6) is 0. The molecule has 0 saturated heterocycles. The molecule has 11 rings (SSSR count). The van der Waals surface area contributed by atoms with Crippen LogP contribution in [0, 0.1) is 0 Å². The molecule has 57 heavy (non-hydrogen) atoms. The first kappa shape index (κ1) is 33.2. The molecule has 0 bridgehead atoms. The Bertz CT molecular complexity index is 3160. The second-order valence-corrected chi connectivity index (χ2v) is 15.6. The van der Waals surface area contributed by atoms with Crippen LogP contribution in [0.15, 0.2) is 218 Å². The molecular weight excluding hydrogens is 709 g/mol. The van der Waals surface area contributed by atoms with Crippen LogP contribution >= 0.6 is 11.3 Å². The van der Waals surface area contributed by atoms with Crippen LogP contribution in [0.5, 0.6) is 0 Å². The van der Waals surface area contributed by atoms with E-state index < -0.39 is 0 Å². The van der Waals surface area contributed by atoms with E-state index in [-0.39, 0.29) is 0 Å². The van der Waals surface area contributed by atoms with Gasteiger partial charge in [0.2, 0.25) is 0 Å². The smallest absolute Gasteiger partial charge is 0.0541 e. The fraction of sp³-hybridized carbons (Fsp3) is 0. The quantitative estimate of drug-likeness (QED) is 0.158. The van der Waals surface area contributed by atoms with Gasteiger partial charge in [-0.15, -0.1) is 11.3 Å². The van der Waals surface area contributed by atoms with Crippen molar-refractivity contribution in [2.45, 2.75) is 0 Å². The van der Waals surface area contributed by atoms with Crippen molar-refractivity contribution in [1.29, 1.82) is 0 Å². The zero-order valence-corrected chi connectivity index (χ0v) is 31.9. The lowest BCUT2D eigenvalue weighted by Gasteiger charge is -2.26. The molecule has 0 fully saturated rings. The maximum atomic E-state index is 2.44. The number of fused-ring (bicyclic) bond motifs is 6. The highest BCUT2D eigenvalue weighted by Crippen LogP contribution is 2.44. The van der Waals surface area contributed by atoms with Crippen LogP contribution in [0.1, 0.15) is 0 Å². The Kier molecular flexibility index (Phi) is 8.04. The number of aromatic nitrogens is 1. The maximum absolute atomic E-state index is 2.44. The second-order valence-electron chi connectivity index (χ2n) is 14.5. The number of benzene rings is 9. The van der Waals surface area contributed by atoms with E-state index in [1.165, 1.54) is 81.0 Å². The van der Waals surface area contributed by atoms with Crippen LogP contribution in [0.4, 0.5) is 17.1 Å². The molecule has 0 saturated carbocycles. The zero-order chi connectivity index (χ0) is 37.7. The molecule has 3 heteroatoms. The highest BCUT2D eigenvalue weighted by molar-refractivity contribution is 7.26. The average Bonchev–Trinajstić information content (AvgIpc) is 3.83. The van der Waals surface area contributed by atoms with Crippen molar-refractivity contribution >= 4 is 70.4 Å². The Morgan fingerprint density at radius 1 is 0.333 bits per heavy atom. The van der Waals surface area contributed by atoms with E-state index in [1.54, 1.807) is 0 Å². The minimum atomic E-state index is 1.10. The van der Waals surface area contributed by atoms with Gasteiger partial charge < -0.3 is 9.47 Å². The molecule has 0 N–H and O–H groups in total. The van der Waals surface area contributed by atoms with Gasteiger partial charge in [-0.3, -0.25) is 0 Å². The van der Waals surface area contributed by atoms with E-state index >= 15 is 0 Å². The molecular formula is C54H36N2S. The van der Waals surface area contributed by atoms with Gasteiger partial charge in [-0.2, -0.15) is 0 Å². The first-order valence-electron chi connectivity index (χ1n) is 19.4. The Hall–Kier alpha value is -7.20. The first-order valence-corrected chi connectivity index (χ1v) is 20.2. The van der Waals surface area contributed by atoms with Gasteiger partial charge in [-0.05, 0) is 94.5 Å². The number of thiophene rings is 1. The van der Waals surface area contributed by atoms with Crippen LogP contribution in [0.25, 0.3) is 81.0 Å². The summed E-state index contributed by atoms with van der Waals surface area (Å²) in [5.41, 5.74) is 14.1. The lowest BCUT2D eigenvalue weighted by Crippen LogP contribution is -2.10. The van der Waals surface area contributed by atoms with Gasteiger partial charge in [-0.1, -0.05) is 152 Å². The summed E-state index contributed by atoms with van der Waals surface area (Å²) in [7, 11) is 0. The van der Waals surface area contributed by atoms with E-state index in [9.17, 15) is 0 Å². The normalized spacial score (nSPS) is 11.5. The summed E-state index contributed by atoms with van der Waals surface area (Å²) in [6, 6.07) is 79.3. The predicted octanol–water partition coefficient (Wildman–Crippen LogP) is 15.6. The molecule has 2 heterocycles. The van der Waals surface area contributed by atoms with Crippen molar-refractivity contribution in [1.82, 2.24) is 4.57 Å². The zero-order valence-electron chi connectivity index (χ0n) is 31.1. The number of hydrogen-bond acceptors (Lipinski definition) is 2. The van der Waals surface area contributed by atoms with Gasteiger partial charge >= 0.3 is 0 Å². The largest absolute Gasteiger partial charge is 0.310 e. The number of para-hydroxylation sites is 2. The number of nitrogens with zero attached hydrogens (tertiary/aromatic N) is 2. The van der Waals surface area contributed by atoms with Crippen molar-refractivity contribution in [3.05, 3.63) is 218 Å². The Balaban J connectivity index is 1.07. The summed E-state index contributed by atoms with van der Waals surface area (Å²) >= 11 is 1.88. The topological polar surface area (TPSA) is 8.17 Å². The SMILES string of the molecule is c1ccc(-c2ccc(N(c3ccc(-c4cc(-n5c6ccccc6c6ccccc65)cc5c4sc4ccccc45)cc3)c3cccc(-c4ccccc4)c3)cc2)cc1. The third-order valence-electron chi connectivity index (χ3n) is 11.2. The third kappa shape index (κ3) is 5.80. The highest BCUT2D eigenvalue weighted by atomic mass is 32.1. The molecule has 0 amide bonds. The third-order valence-corrected chi connectivity index (χ3v) is 12.4. The molecule has 0 atom stereocenters. The van der Waals surface area contributed by atoms with Crippen LogP contribution in [-0.2, 0) is 0 Å². The molecule has 0 aliphatic heterocycles. The van der Waals surface area contributed by atoms with Gasteiger partial charge in [0.1, 0.15) is 0 Å². The van der Waals surface area contributed by atoms with E-state index in [2.05, 4.69) is 228 Å². The van der Waals surface area contributed by atoms with E-state index in [1.807, 2.05) is 11.3 Å². The van der Waals surface area contributed by atoms with Gasteiger partial charge in [0.25, 0.3) is 0 Å². The molecule has 0 aliphatic carbocycles. The predicted molar refractivity (Wildman–Crippen MR) is 245 cm³/mol. The Labute approximate surface area is 335 Å². The summed E-state index contributed by atoms with van der Waals surface area (Å²) in [4.78, 5) is 2.37. The first-order chi connectivity index (χ1) is 28.3. The molecule has 9 aromatic carbocycles. The van der Waals surface area contributed by atoms with Gasteiger partial charge in [0.15, 0.2) is 0 Å².